The fraction of sp³-hybridized carbons (Fsp3) is 0.750. The van der Waals surface area contributed by atoms with Crippen LogP contribution in [0, 0.1) is 5.92 Å². The van der Waals surface area contributed by atoms with Crippen molar-refractivity contribution in [2.24, 2.45) is 11.7 Å². The van der Waals surface area contributed by atoms with Crippen molar-refractivity contribution in [3.63, 3.8) is 0 Å². The molecule has 0 spiro atoms. The molecule has 7 heteroatoms. The first-order chi connectivity index (χ1) is 9.86. The highest BCUT2D eigenvalue weighted by Gasteiger charge is 2.25. The maximum Gasteiger partial charge on any atom is 0.223 e. The molecule has 1 amide bonds. The molecule has 1 saturated carbocycles. The van der Waals surface area contributed by atoms with Crippen LogP contribution in [0.3, 0.4) is 0 Å². The Morgan fingerprint density at radius 3 is 2.65 bits per heavy atom. The predicted molar refractivity (Wildman–Crippen MR) is 102 cm³/mol. The summed E-state index contributed by atoms with van der Waals surface area (Å²) in [7, 11) is 0. The summed E-state index contributed by atoms with van der Waals surface area (Å²) in [5.74, 6) is 0.271. The van der Waals surface area contributed by atoms with Gasteiger partial charge in [0, 0.05) is 35.7 Å². The molecule has 2 rings (SSSR count). The summed E-state index contributed by atoms with van der Waals surface area (Å²) < 4.78 is 0. The smallest absolute Gasteiger partial charge is 0.223 e. The zero-order valence-electron chi connectivity index (χ0n) is 14.1. The van der Waals surface area contributed by atoms with Gasteiger partial charge in [-0.25, -0.2) is 4.98 Å². The van der Waals surface area contributed by atoms with E-state index < -0.39 is 0 Å². The van der Waals surface area contributed by atoms with Crippen LogP contribution in [0.15, 0.2) is 5.38 Å². The molecule has 1 aliphatic carbocycles. The Morgan fingerprint density at radius 2 is 2.09 bits per heavy atom. The van der Waals surface area contributed by atoms with Crippen LogP contribution in [0.25, 0.3) is 0 Å². The summed E-state index contributed by atoms with van der Waals surface area (Å²) in [5, 5.41) is 6.26. The van der Waals surface area contributed by atoms with E-state index in [4.69, 9.17) is 5.73 Å². The van der Waals surface area contributed by atoms with Gasteiger partial charge in [-0.2, -0.15) is 0 Å². The second kappa shape index (κ2) is 9.82. The lowest BCUT2D eigenvalue weighted by Crippen LogP contribution is -2.38. The number of thiazole rings is 1. The fourth-order valence-corrected chi connectivity index (χ4v) is 3.70. The second-order valence-corrected chi connectivity index (χ2v) is 7.98. The Bertz CT molecular complexity index is 488. The van der Waals surface area contributed by atoms with Gasteiger partial charge in [-0.1, -0.05) is 27.2 Å². The molecule has 3 N–H and O–H groups in total. The van der Waals surface area contributed by atoms with E-state index in [1.165, 1.54) is 0 Å². The molecule has 2 unspecified atom stereocenters. The highest BCUT2D eigenvalue weighted by atomic mass is 35.5. The number of carbonyl (C=O) groups is 1. The number of hydrogen-bond donors (Lipinski definition) is 2. The first-order valence-corrected chi connectivity index (χ1v) is 8.72. The van der Waals surface area contributed by atoms with Crippen LogP contribution in [0.2, 0.25) is 0 Å². The minimum atomic E-state index is 0. The van der Waals surface area contributed by atoms with Crippen molar-refractivity contribution in [2.75, 3.05) is 6.54 Å². The molecule has 134 valence electrons. The summed E-state index contributed by atoms with van der Waals surface area (Å²) in [6.07, 6.45) is 4.74. The van der Waals surface area contributed by atoms with Crippen LogP contribution in [0.5, 0.6) is 0 Å². The molecule has 4 nitrogen and oxygen atoms in total. The van der Waals surface area contributed by atoms with Gasteiger partial charge in [0.15, 0.2) is 0 Å². The van der Waals surface area contributed by atoms with Crippen LogP contribution in [0.1, 0.15) is 57.2 Å². The van der Waals surface area contributed by atoms with Gasteiger partial charge in [0.2, 0.25) is 5.91 Å². The lowest BCUT2D eigenvalue weighted by Gasteiger charge is -2.25. The lowest BCUT2D eigenvalue weighted by atomic mass is 9.85. The van der Waals surface area contributed by atoms with Crippen LogP contribution in [0.4, 0.5) is 0 Å². The molecule has 1 heterocycles. The van der Waals surface area contributed by atoms with E-state index in [1.54, 1.807) is 11.3 Å². The number of halogens is 2. The highest BCUT2D eigenvalue weighted by Crippen LogP contribution is 2.24. The Balaban J connectivity index is 0.00000242. The van der Waals surface area contributed by atoms with Crippen LogP contribution in [-0.4, -0.2) is 23.5 Å². The third-order valence-corrected chi connectivity index (χ3v) is 4.95. The summed E-state index contributed by atoms with van der Waals surface area (Å²) in [6, 6.07) is 0.197. The second-order valence-electron chi connectivity index (χ2n) is 7.04. The Kier molecular flexibility index (Phi) is 9.67. The number of nitrogens with two attached hydrogens (primary N) is 1. The van der Waals surface area contributed by atoms with Crippen molar-refractivity contribution in [1.82, 2.24) is 10.3 Å². The number of nitrogens with zero attached hydrogens (tertiary/aromatic N) is 1. The molecule has 1 aromatic rings. The number of nitrogens with one attached hydrogen (secondary N) is 1. The Hall–Kier alpha value is -0.360. The summed E-state index contributed by atoms with van der Waals surface area (Å²) in [4.78, 5) is 16.8. The SMILES string of the molecule is CC(C)(C)c1csc(CCNC(=O)C2CCCC(N)C2)n1.Cl.Cl. The van der Waals surface area contributed by atoms with Gasteiger partial charge in [0.1, 0.15) is 0 Å². The number of rotatable bonds is 4. The monoisotopic (exact) mass is 381 g/mol. The Labute approximate surface area is 155 Å². The average molecular weight is 382 g/mol. The summed E-state index contributed by atoms with van der Waals surface area (Å²) in [6.45, 7) is 7.17. The van der Waals surface area contributed by atoms with Crippen molar-refractivity contribution in [1.29, 1.82) is 0 Å². The number of hydrogen-bond acceptors (Lipinski definition) is 4. The molecule has 0 aliphatic heterocycles. The minimum absolute atomic E-state index is 0. The predicted octanol–water partition coefficient (Wildman–Crippen LogP) is 3.46. The molecular weight excluding hydrogens is 353 g/mol. The van der Waals surface area contributed by atoms with E-state index in [-0.39, 0.29) is 48.1 Å². The van der Waals surface area contributed by atoms with E-state index in [0.717, 1.165) is 42.8 Å². The van der Waals surface area contributed by atoms with Crippen LogP contribution in [-0.2, 0) is 16.6 Å². The van der Waals surface area contributed by atoms with E-state index in [1.807, 2.05) is 0 Å². The van der Waals surface area contributed by atoms with E-state index in [0.29, 0.717) is 6.54 Å². The van der Waals surface area contributed by atoms with E-state index in [2.05, 4.69) is 36.5 Å². The molecule has 1 aromatic heterocycles. The Morgan fingerprint density at radius 1 is 1.39 bits per heavy atom. The third-order valence-electron chi connectivity index (χ3n) is 4.04. The molecule has 0 radical (unpaired) electrons. The summed E-state index contributed by atoms with van der Waals surface area (Å²) >= 11 is 1.68. The largest absolute Gasteiger partial charge is 0.355 e. The summed E-state index contributed by atoms with van der Waals surface area (Å²) in [5.41, 5.74) is 7.16. The van der Waals surface area contributed by atoms with Gasteiger partial charge in [-0.05, 0) is 19.3 Å². The average Bonchev–Trinajstić information content (AvgIpc) is 2.87. The third kappa shape index (κ3) is 6.96. The molecule has 0 bridgehead atoms. The van der Waals surface area contributed by atoms with Gasteiger partial charge >= 0.3 is 0 Å². The topological polar surface area (TPSA) is 68.0 Å². The zero-order valence-corrected chi connectivity index (χ0v) is 16.6. The number of carbonyl (C=O) groups excluding carboxylic acids is 1. The molecule has 23 heavy (non-hydrogen) atoms. The lowest BCUT2D eigenvalue weighted by molar-refractivity contribution is -0.126. The molecule has 0 saturated heterocycles. The molecule has 0 aromatic carbocycles. The van der Waals surface area contributed by atoms with Crippen LogP contribution < -0.4 is 11.1 Å². The first-order valence-electron chi connectivity index (χ1n) is 7.84. The van der Waals surface area contributed by atoms with Crippen LogP contribution >= 0.6 is 36.2 Å². The number of aromatic nitrogens is 1. The normalized spacial score (nSPS) is 21.0. The van der Waals surface area contributed by atoms with Gasteiger partial charge in [-0.3, -0.25) is 4.79 Å². The maximum absolute atomic E-state index is 12.1. The van der Waals surface area contributed by atoms with E-state index >= 15 is 0 Å². The van der Waals surface area contributed by atoms with Crippen molar-refractivity contribution < 1.29 is 4.79 Å². The van der Waals surface area contributed by atoms with Crippen molar-refractivity contribution in [2.45, 2.75) is 64.3 Å². The molecule has 1 aliphatic rings. The fourth-order valence-electron chi connectivity index (χ4n) is 2.67. The van der Waals surface area contributed by atoms with Gasteiger partial charge in [-0.15, -0.1) is 36.2 Å². The number of amides is 1. The minimum Gasteiger partial charge on any atom is -0.355 e. The zero-order chi connectivity index (χ0) is 15.5. The molecule has 1 fully saturated rings. The molecule has 2 atom stereocenters. The van der Waals surface area contributed by atoms with Gasteiger partial charge in [0.25, 0.3) is 0 Å². The van der Waals surface area contributed by atoms with Crippen molar-refractivity contribution >= 4 is 42.1 Å². The molecular formula is C16H29Cl2N3OS. The van der Waals surface area contributed by atoms with Gasteiger partial charge < -0.3 is 11.1 Å². The quantitative estimate of drug-likeness (QED) is 0.838. The van der Waals surface area contributed by atoms with E-state index in [9.17, 15) is 4.79 Å². The standard InChI is InChI=1S/C16H27N3OS.2ClH/c1-16(2,3)13-10-21-14(19-13)7-8-18-15(20)11-5-4-6-12(17)9-11;;/h10-12H,4-9,17H2,1-3H3,(H,18,20);2*1H. The highest BCUT2D eigenvalue weighted by molar-refractivity contribution is 7.09. The maximum atomic E-state index is 12.1. The van der Waals surface area contributed by atoms with Crippen molar-refractivity contribution in [3.05, 3.63) is 16.1 Å². The first kappa shape index (κ1) is 22.6. The van der Waals surface area contributed by atoms with Gasteiger partial charge in [0.05, 0.1) is 10.7 Å². The van der Waals surface area contributed by atoms with Crippen molar-refractivity contribution in [3.8, 4) is 0 Å².